The first-order valence-corrected chi connectivity index (χ1v) is 7.32. The lowest BCUT2D eigenvalue weighted by atomic mass is 9.80. The molecule has 0 aliphatic heterocycles. The van der Waals surface area contributed by atoms with E-state index in [-0.39, 0.29) is 5.75 Å². The Hall–Kier alpha value is -2.21. The summed E-state index contributed by atoms with van der Waals surface area (Å²) in [5.41, 5.74) is 12.5. The van der Waals surface area contributed by atoms with Gasteiger partial charge in [-0.05, 0) is 30.4 Å². The summed E-state index contributed by atoms with van der Waals surface area (Å²) in [5, 5.41) is 9.92. The molecule has 0 radical (unpaired) electrons. The van der Waals surface area contributed by atoms with Gasteiger partial charge in [-0.25, -0.2) is 4.98 Å². The molecule has 0 spiro atoms. The van der Waals surface area contributed by atoms with Gasteiger partial charge in [-0.1, -0.05) is 18.0 Å². The van der Waals surface area contributed by atoms with Gasteiger partial charge in [0.05, 0.1) is 18.2 Å². The number of hydrogen-bond acceptors (Lipinski definition) is 4. The van der Waals surface area contributed by atoms with Gasteiger partial charge in [0, 0.05) is 18.1 Å². The smallest absolute Gasteiger partial charge is 0.266 e. The Morgan fingerprint density at radius 1 is 1.45 bits per heavy atom. The number of rotatable bonds is 2. The van der Waals surface area contributed by atoms with Gasteiger partial charge in [0.1, 0.15) is 11.4 Å². The Bertz CT molecular complexity index is 680. The first-order valence-electron chi connectivity index (χ1n) is 6.94. The molecular weight excluding hydrogens is 304 g/mol. The first kappa shape index (κ1) is 16.2. The van der Waals surface area contributed by atoms with Crippen molar-refractivity contribution >= 4 is 23.2 Å². The minimum Gasteiger partial charge on any atom is -0.506 e. The van der Waals surface area contributed by atoms with Crippen LogP contribution in [0.25, 0.3) is 0 Å². The molecule has 0 atom stereocenters. The minimum atomic E-state index is -0.449. The molecule has 1 amide bonds. The molecular formula is C15H19ClN4O2. The fourth-order valence-electron chi connectivity index (χ4n) is 2.22. The lowest BCUT2D eigenvalue weighted by Gasteiger charge is -2.27. The van der Waals surface area contributed by atoms with Gasteiger partial charge in [-0.15, -0.1) is 0 Å². The average molecular weight is 323 g/mol. The van der Waals surface area contributed by atoms with Crippen molar-refractivity contribution in [2.75, 3.05) is 5.73 Å². The number of imidazole rings is 1. The lowest BCUT2D eigenvalue weighted by Crippen LogP contribution is -2.14. The average Bonchev–Trinajstić information content (AvgIpc) is 2.81. The number of aryl methyl sites for hydroxylation is 1. The number of phenolic OH excluding ortho intramolecular Hbond substituents is 1. The number of nitrogens with zero attached hydrogens (tertiary/aromatic N) is 2. The van der Waals surface area contributed by atoms with Gasteiger partial charge in [0.15, 0.2) is 0 Å². The van der Waals surface area contributed by atoms with Crippen LogP contribution in [0.5, 0.6) is 5.75 Å². The predicted molar refractivity (Wildman–Crippen MR) is 85.8 cm³/mol. The number of phenols is 1. The fraction of sp³-hybridized carbons (Fsp3) is 0.333. The van der Waals surface area contributed by atoms with Crippen LogP contribution in [0.1, 0.15) is 41.2 Å². The van der Waals surface area contributed by atoms with Gasteiger partial charge in [0.2, 0.25) is 0 Å². The molecule has 1 heterocycles. The highest BCUT2D eigenvalue weighted by atomic mass is 35.5. The largest absolute Gasteiger partial charge is 0.506 e. The molecule has 5 N–H and O–H groups in total. The third kappa shape index (κ3) is 3.51. The number of halogens is 1. The summed E-state index contributed by atoms with van der Waals surface area (Å²) in [4.78, 5) is 14.1. The molecule has 6 nitrogen and oxygen atoms in total. The fourth-order valence-corrected chi connectivity index (χ4v) is 2.54. The number of benzene rings is 1. The highest BCUT2D eigenvalue weighted by Crippen LogP contribution is 2.42. The number of aromatic nitrogens is 2. The van der Waals surface area contributed by atoms with Crippen molar-refractivity contribution in [2.24, 2.45) is 12.8 Å². The van der Waals surface area contributed by atoms with Crippen molar-refractivity contribution in [2.45, 2.75) is 25.2 Å². The van der Waals surface area contributed by atoms with E-state index in [1.807, 2.05) is 0 Å². The van der Waals surface area contributed by atoms with E-state index in [0.29, 0.717) is 22.3 Å². The summed E-state index contributed by atoms with van der Waals surface area (Å²) in [6.45, 7) is 0. The zero-order valence-electron chi connectivity index (χ0n) is 12.3. The summed E-state index contributed by atoms with van der Waals surface area (Å²) in [7, 11) is 1.72. The highest BCUT2D eigenvalue weighted by Gasteiger charge is 2.22. The normalized spacial score (nSPS) is 13.9. The van der Waals surface area contributed by atoms with Crippen LogP contribution in [0, 0.1) is 0 Å². The minimum absolute atomic E-state index is 0.0769. The number of anilines is 1. The standard InChI is InChI=1S/C10H12ClNO.C5H7N3O/c11-8-5-10(13)9(12)4-7(8)6-2-1-3-6;1-8-3-7-2-4(8)5(6)9/h4-6,13H,1-3,12H2;2-3H,1H3,(H2,6,9). The molecule has 3 rings (SSSR count). The van der Waals surface area contributed by atoms with Gasteiger partial charge >= 0.3 is 0 Å². The van der Waals surface area contributed by atoms with Gasteiger partial charge in [-0.2, -0.15) is 0 Å². The van der Waals surface area contributed by atoms with Crippen molar-refractivity contribution in [1.29, 1.82) is 0 Å². The monoisotopic (exact) mass is 322 g/mol. The summed E-state index contributed by atoms with van der Waals surface area (Å²) in [6.07, 6.45) is 6.60. The topological polar surface area (TPSA) is 107 Å². The van der Waals surface area contributed by atoms with Crippen LogP contribution in [0.3, 0.4) is 0 Å². The first-order chi connectivity index (χ1) is 10.4. The number of nitrogens with two attached hydrogens (primary N) is 2. The maximum Gasteiger partial charge on any atom is 0.266 e. The van der Waals surface area contributed by atoms with Crippen LogP contribution in [0.15, 0.2) is 24.7 Å². The molecule has 22 heavy (non-hydrogen) atoms. The molecule has 7 heteroatoms. The van der Waals surface area contributed by atoms with Crippen molar-refractivity contribution in [1.82, 2.24) is 9.55 Å². The van der Waals surface area contributed by atoms with E-state index < -0.39 is 5.91 Å². The number of hydrogen-bond donors (Lipinski definition) is 3. The summed E-state index contributed by atoms with van der Waals surface area (Å²) < 4.78 is 1.57. The molecule has 1 aromatic heterocycles. The van der Waals surface area contributed by atoms with Crippen molar-refractivity contribution < 1.29 is 9.90 Å². The Labute approximate surface area is 133 Å². The second-order valence-electron chi connectivity index (χ2n) is 5.31. The maximum absolute atomic E-state index is 10.4. The molecule has 1 aliphatic rings. The highest BCUT2D eigenvalue weighted by molar-refractivity contribution is 6.31. The number of aromatic hydroxyl groups is 1. The quantitative estimate of drug-likeness (QED) is 0.583. The predicted octanol–water partition coefficient (Wildman–Crippen LogP) is 2.41. The lowest BCUT2D eigenvalue weighted by molar-refractivity contribution is 0.0992. The zero-order valence-corrected chi connectivity index (χ0v) is 13.0. The molecule has 1 aromatic carbocycles. The number of carbonyl (C=O) groups is 1. The van der Waals surface area contributed by atoms with Crippen LogP contribution in [-0.4, -0.2) is 20.6 Å². The second kappa shape index (κ2) is 6.70. The number of nitrogen functional groups attached to an aromatic ring is 1. The molecule has 1 fully saturated rings. The van der Waals surface area contributed by atoms with Crippen LogP contribution in [-0.2, 0) is 7.05 Å². The SMILES string of the molecule is Cn1cncc1C(N)=O.Nc1cc(C2CCC2)c(Cl)cc1O. The molecule has 118 valence electrons. The van der Waals surface area contributed by atoms with Crippen molar-refractivity contribution in [3.8, 4) is 5.75 Å². The Kier molecular flexibility index (Phi) is 4.92. The Balaban J connectivity index is 0.000000172. The van der Waals surface area contributed by atoms with E-state index in [1.54, 1.807) is 17.7 Å². The third-order valence-electron chi connectivity index (χ3n) is 3.76. The Morgan fingerprint density at radius 3 is 2.55 bits per heavy atom. The van der Waals surface area contributed by atoms with Crippen LogP contribution < -0.4 is 11.5 Å². The number of amides is 1. The molecule has 0 unspecified atom stereocenters. The van der Waals surface area contributed by atoms with Gasteiger partial charge < -0.3 is 21.1 Å². The Morgan fingerprint density at radius 2 is 2.14 bits per heavy atom. The molecule has 1 aliphatic carbocycles. The molecule has 2 aromatic rings. The van der Waals surface area contributed by atoms with E-state index in [1.165, 1.54) is 37.9 Å². The van der Waals surface area contributed by atoms with Crippen LogP contribution in [0.4, 0.5) is 5.69 Å². The van der Waals surface area contributed by atoms with Crippen molar-refractivity contribution in [3.63, 3.8) is 0 Å². The van der Waals surface area contributed by atoms with Crippen LogP contribution in [0.2, 0.25) is 5.02 Å². The molecule has 0 bridgehead atoms. The molecule has 1 saturated carbocycles. The van der Waals surface area contributed by atoms with E-state index in [2.05, 4.69) is 4.98 Å². The van der Waals surface area contributed by atoms with E-state index in [0.717, 1.165) is 5.56 Å². The molecule has 0 saturated heterocycles. The van der Waals surface area contributed by atoms with E-state index >= 15 is 0 Å². The third-order valence-corrected chi connectivity index (χ3v) is 4.09. The number of primary amides is 1. The van der Waals surface area contributed by atoms with E-state index in [4.69, 9.17) is 23.1 Å². The van der Waals surface area contributed by atoms with Gasteiger partial charge in [0.25, 0.3) is 5.91 Å². The summed E-state index contributed by atoms with van der Waals surface area (Å²) in [5.74, 6) is 0.179. The number of carbonyl (C=O) groups excluding carboxylic acids is 1. The maximum atomic E-state index is 10.4. The van der Waals surface area contributed by atoms with Crippen molar-refractivity contribution in [3.05, 3.63) is 40.9 Å². The van der Waals surface area contributed by atoms with E-state index in [9.17, 15) is 9.90 Å². The van der Waals surface area contributed by atoms with Crippen LogP contribution >= 0.6 is 11.6 Å². The zero-order chi connectivity index (χ0) is 16.3. The second-order valence-corrected chi connectivity index (χ2v) is 5.72. The summed E-state index contributed by atoms with van der Waals surface area (Å²) in [6, 6.07) is 3.33. The van der Waals surface area contributed by atoms with Gasteiger partial charge in [-0.3, -0.25) is 4.79 Å². The summed E-state index contributed by atoms with van der Waals surface area (Å²) >= 11 is 5.99.